The van der Waals surface area contributed by atoms with E-state index in [1.807, 2.05) is 0 Å². The third kappa shape index (κ3) is 3.29. The van der Waals surface area contributed by atoms with Crippen molar-refractivity contribution in [3.05, 3.63) is 65.3 Å². The molecule has 1 heterocycles. The zero-order chi connectivity index (χ0) is 18.0. The smallest absolute Gasteiger partial charge is 0.268 e. The molecule has 0 unspecified atom stereocenters. The highest BCUT2D eigenvalue weighted by Gasteiger charge is 2.22. The molecule has 0 aliphatic heterocycles. The van der Waals surface area contributed by atoms with Crippen molar-refractivity contribution in [2.24, 2.45) is 0 Å². The molecule has 2 aromatic carbocycles. The molecule has 0 aliphatic carbocycles. The highest BCUT2D eigenvalue weighted by molar-refractivity contribution is 9.10. The van der Waals surface area contributed by atoms with E-state index in [0.717, 1.165) is 0 Å². The van der Waals surface area contributed by atoms with Crippen LogP contribution in [0, 0.1) is 0 Å². The van der Waals surface area contributed by atoms with E-state index in [4.69, 9.17) is 9.47 Å². The quantitative estimate of drug-likeness (QED) is 0.620. The molecule has 0 aliphatic rings. The molecule has 0 fully saturated rings. The first-order chi connectivity index (χ1) is 12.0. The van der Waals surface area contributed by atoms with Crippen LogP contribution in [0.1, 0.15) is 0 Å². The predicted octanol–water partition coefficient (Wildman–Crippen LogP) is 4.17. The lowest BCUT2D eigenvalue weighted by molar-refractivity contribution is 0.355. The Labute approximate surface area is 155 Å². The summed E-state index contributed by atoms with van der Waals surface area (Å²) in [6, 6.07) is 15.3. The van der Waals surface area contributed by atoms with Gasteiger partial charge in [0.2, 0.25) is 0 Å². The van der Waals surface area contributed by atoms with E-state index >= 15 is 0 Å². The Morgan fingerprint density at radius 3 is 2.24 bits per heavy atom. The molecule has 3 aromatic rings. The topological polar surface area (TPSA) is 57.5 Å². The molecule has 3 rings (SSSR count). The summed E-state index contributed by atoms with van der Waals surface area (Å²) in [5.74, 6) is 1.11. The third-order valence-electron chi connectivity index (χ3n) is 3.73. The van der Waals surface area contributed by atoms with Crippen LogP contribution >= 0.6 is 15.9 Å². The van der Waals surface area contributed by atoms with Gasteiger partial charge in [-0.15, -0.1) is 0 Å². The van der Waals surface area contributed by atoms with E-state index in [0.29, 0.717) is 27.2 Å². The van der Waals surface area contributed by atoms with Crippen LogP contribution in [0.2, 0.25) is 0 Å². The lowest BCUT2D eigenvalue weighted by Gasteiger charge is -2.13. The number of rotatable bonds is 5. The average molecular weight is 422 g/mol. The van der Waals surface area contributed by atoms with Crippen molar-refractivity contribution in [3.8, 4) is 22.8 Å². The summed E-state index contributed by atoms with van der Waals surface area (Å²) < 4.78 is 38.5. The van der Waals surface area contributed by atoms with E-state index < -0.39 is 10.0 Å². The van der Waals surface area contributed by atoms with Crippen LogP contribution in [0.4, 0.5) is 0 Å². The van der Waals surface area contributed by atoms with E-state index in [2.05, 4.69) is 15.9 Å². The van der Waals surface area contributed by atoms with Gasteiger partial charge in [-0.3, -0.25) is 0 Å². The number of nitrogens with zero attached hydrogens (tertiary/aromatic N) is 1. The summed E-state index contributed by atoms with van der Waals surface area (Å²) in [5.41, 5.74) is 1.22. The molecule has 7 heteroatoms. The van der Waals surface area contributed by atoms with Gasteiger partial charge in [-0.1, -0.05) is 18.2 Å². The normalized spacial score (nSPS) is 11.3. The number of benzene rings is 2. The van der Waals surface area contributed by atoms with Gasteiger partial charge in [0.1, 0.15) is 0 Å². The van der Waals surface area contributed by atoms with Gasteiger partial charge in [0.05, 0.1) is 24.8 Å². The van der Waals surface area contributed by atoms with Gasteiger partial charge < -0.3 is 9.47 Å². The standard InChI is InChI=1S/C18H16BrNO4S/c1-23-17-9-8-13(10-18(17)24-2)16-11-14(19)12-20(16)25(21,22)15-6-4-3-5-7-15/h3-12H,1-2H3. The van der Waals surface area contributed by atoms with Gasteiger partial charge in [-0.25, -0.2) is 12.4 Å². The Morgan fingerprint density at radius 1 is 0.920 bits per heavy atom. The molecular weight excluding hydrogens is 406 g/mol. The minimum Gasteiger partial charge on any atom is -0.493 e. The molecule has 0 bridgehead atoms. The van der Waals surface area contributed by atoms with Crippen LogP contribution in [0.3, 0.4) is 0 Å². The summed E-state index contributed by atoms with van der Waals surface area (Å²) >= 11 is 3.37. The molecule has 0 N–H and O–H groups in total. The number of hydrogen-bond acceptors (Lipinski definition) is 4. The van der Waals surface area contributed by atoms with Crippen molar-refractivity contribution < 1.29 is 17.9 Å². The van der Waals surface area contributed by atoms with Crippen LogP contribution in [-0.2, 0) is 10.0 Å². The van der Waals surface area contributed by atoms with Crippen molar-refractivity contribution in [3.63, 3.8) is 0 Å². The van der Waals surface area contributed by atoms with Crippen LogP contribution in [0.25, 0.3) is 11.3 Å². The summed E-state index contributed by atoms with van der Waals surface area (Å²) in [7, 11) is -0.626. The second kappa shape index (κ2) is 6.93. The van der Waals surface area contributed by atoms with E-state index in [9.17, 15) is 8.42 Å². The monoisotopic (exact) mass is 421 g/mol. The first-order valence-corrected chi connectivity index (χ1v) is 9.61. The van der Waals surface area contributed by atoms with Crippen molar-refractivity contribution >= 4 is 26.0 Å². The first-order valence-electron chi connectivity index (χ1n) is 7.38. The second-order valence-corrected chi connectivity index (χ2v) is 7.96. The summed E-state index contributed by atoms with van der Waals surface area (Å²) in [6.45, 7) is 0. The highest BCUT2D eigenvalue weighted by atomic mass is 79.9. The van der Waals surface area contributed by atoms with E-state index in [-0.39, 0.29) is 4.90 Å². The molecule has 25 heavy (non-hydrogen) atoms. The van der Waals surface area contributed by atoms with Gasteiger partial charge >= 0.3 is 0 Å². The molecule has 0 atom stereocenters. The van der Waals surface area contributed by atoms with Gasteiger partial charge in [0.15, 0.2) is 11.5 Å². The zero-order valence-electron chi connectivity index (χ0n) is 13.6. The summed E-state index contributed by atoms with van der Waals surface area (Å²) in [4.78, 5) is 0.222. The SMILES string of the molecule is COc1ccc(-c2cc(Br)cn2S(=O)(=O)c2ccccc2)cc1OC. The Hall–Kier alpha value is -2.25. The van der Waals surface area contributed by atoms with Crippen molar-refractivity contribution in [1.29, 1.82) is 0 Å². The molecule has 130 valence electrons. The Bertz CT molecular complexity index is 997. The summed E-state index contributed by atoms with van der Waals surface area (Å²) in [6.07, 6.45) is 1.54. The van der Waals surface area contributed by atoms with E-state index in [1.54, 1.807) is 61.7 Å². The number of ether oxygens (including phenoxy) is 2. The van der Waals surface area contributed by atoms with Crippen LogP contribution in [-0.4, -0.2) is 26.6 Å². The maximum absolute atomic E-state index is 13.0. The number of methoxy groups -OCH3 is 2. The Balaban J connectivity index is 2.18. The molecule has 0 saturated carbocycles. The molecule has 5 nitrogen and oxygen atoms in total. The Morgan fingerprint density at radius 2 is 1.60 bits per heavy atom. The average Bonchev–Trinajstić information content (AvgIpc) is 3.04. The lowest BCUT2D eigenvalue weighted by atomic mass is 10.1. The predicted molar refractivity (Wildman–Crippen MR) is 99.7 cm³/mol. The van der Waals surface area contributed by atoms with Crippen LogP contribution in [0.15, 0.2) is 70.2 Å². The van der Waals surface area contributed by atoms with E-state index in [1.165, 1.54) is 17.3 Å². The second-order valence-electron chi connectivity index (χ2n) is 5.23. The fraction of sp³-hybridized carbons (Fsp3) is 0.111. The third-order valence-corrected chi connectivity index (χ3v) is 5.85. The number of aromatic nitrogens is 1. The zero-order valence-corrected chi connectivity index (χ0v) is 16.0. The van der Waals surface area contributed by atoms with Gasteiger partial charge in [-0.2, -0.15) is 0 Å². The minimum atomic E-state index is -3.72. The molecule has 1 aromatic heterocycles. The van der Waals surface area contributed by atoms with Gasteiger partial charge in [0.25, 0.3) is 10.0 Å². The lowest BCUT2D eigenvalue weighted by Crippen LogP contribution is -2.13. The molecular formula is C18H16BrNO4S. The van der Waals surface area contributed by atoms with Gasteiger partial charge in [0, 0.05) is 16.2 Å². The fourth-order valence-corrected chi connectivity index (χ4v) is 4.48. The Kier molecular flexibility index (Phi) is 4.87. The maximum atomic E-state index is 13.0. The number of hydrogen-bond donors (Lipinski definition) is 0. The first kappa shape index (κ1) is 17.6. The van der Waals surface area contributed by atoms with Crippen LogP contribution in [0.5, 0.6) is 11.5 Å². The molecule has 0 amide bonds. The molecule has 0 saturated heterocycles. The summed E-state index contributed by atoms with van der Waals surface area (Å²) in [5, 5.41) is 0. The van der Waals surface area contributed by atoms with Gasteiger partial charge in [-0.05, 0) is 52.3 Å². The molecule has 0 radical (unpaired) electrons. The fourth-order valence-electron chi connectivity index (χ4n) is 2.52. The molecule has 0 spiro atoms. The maximum Gasteiger partial charge on any atom is 0.268 e. The minimum absolute atomic E-state index is 0.222. The van der Waals surface area contributed by atoms with Crippen molar-refractivity contribution in [2.45, 2.75) is 4.90 Å². The van der Waals surface area contributed by atoms with Crippen LogP contribution < -0.4 is 9.47 Å². The van der Waals surface area contributed by atoms with Crippen molar-refractivity contribution in [2.75, 3.05) is 14.2 Å². The van der Waals surface area contributed by atoms with Crippen molar-refractivity contribution in [1.82, 2.24) is 3.97 Å². The number of halogens is 1. The highest BCUT2D eigenvalue weighted by Crippen LogP contribution is 2.35. The largest absolute Gasteiger partial charge is 0.493 e.